The number of carbonyl (C=O) groups excluding carboxylic acids is 1. The molecule has 1 amide bonds. The van der Waals surface area contributed by atoms with Gasteiger partial charge in [0.05, 0.1) is 0 Å². The van der Waals surface area contributed by atoms with E-state index in [1.807, 2.05) is 13.1 Å². The van der Waals surface area contributed by atoms with Gasteiger partial charge in [-0.3, -0.25) is 4.79 Å². The van der Waals surface area contributed by atoms with E-state index in [9.17, 15) is 4.79 Å². The van der Waals surface area contributed by atoms with Crippen LogP contribution in [0, 0.1) is 0 Å². The fraction of sp³-hybridized carbons (Fsp3) is 0.833. The van der Waals surface area contributed by atoms with Crippen LogP contribution in [0.1, 0.15) is 6.92 Å². The molecule has 0 atom stereocenters. The summed E-state index contributed by atoms with van der Waals surface area (Å²) in [6.45, 7) is 5.51. The lowest BCUT2D eigenvalue weighted by Crippen LogP contribution is -2.38. The zero-order valence-electron chi connectivity index (χ0n) is 7.43. The summed E-state index contributed by atoms with van der Waals surface area (Å²) in [5.74, 6) is -0.0918. The Labute approximate surface area is 68.1 Å². The second-order valence-corrected chi connectivity index (χ2v) is 6.12. The maximum atomic E-state index is 10.4. The highest BCUT2D eigenvalue weighted by Gasteiger charge is 2.21. The quantitative estimate of drug-likeness (QED) is 0.501. The molecule has 0 radical (unpaired) electrons. The van der Waals surface area contributed by atoms with Gasteiger partial charge in [-0.25, -0.2) is 0 Å². The molecule has 1 N–H and O–H groups in total. The Morgan fingerprint density at radius 1 is 1.55 bits per heavy atom. The van der Waals surface area contributed by atoms with Crippen molar-refractivity contribution < 1.29 is 13.6 Å². The van der Waals surface area contributed by atoms with Crippen LogP contribution in [-0.2, 0) is 13.6 Å². The second kappa shape index (κ2) is 4.48. The van der Waals surface area contributed by atoms with Crippen LogP contribution in [0.2, 0.25) is 13.1 Å². The topological polar surface area (TPSA) is 47.6 Å². The van der Waals surface area contributed by atoms with Gasteiger partial charge in [0.2, 0.25) is 5.91 Å². The molecule has 0 aliphatic carbocycles. The van der Waals surface area contributed by atoms with E-state index in [-0.39, 0.29) is 12.6 Å². The van der Waals surface area contributed by atoms with E-state index in [1.54, 1.807) is 7.11 Å². The maximum Gasteiger partial charge on any atom is 0.332 e. The number of hydrogen-bond acceptors (Lipinski definition) is 3. The Morgan fingerprint density at radius 2 is 2.09 bits per heavy atom. The van der Waals surface area contributed by atoms with Crippen LogP contribution in [0.4, 0.5) is 0 Å². The van der Waals surface area contributed by atoms with Crippen molar-refractivity contribution >= 4 is 14.5 Å². The average Bonchev–Trinajstić information content (AvgIpc) is 1.87. The number of nitrogens with one attached hydrogen (secondary N) is 1. The third kappa shape index (κ3) is 6.02. The van der Waals surface area contributed by atoms with Crippen molar-refractivity contribution in [3.05, 3.63) is 0 Å². The van der Waals surface area contributed by atoms with Crippen molar-refractivity contribution in [2.45, 2.75) is 20.0 Å². The van der Waals surface area contributed by atoms with Crippen LogP contribution in [-0.4, -0.2) is 28.3 Å². The summed E-state index contributed by atoms with van der Waals surface area (Å²) in [6.07, 6.45) is 0. The van der Waals surface area contributed by atoms with E-state index in [4.69, 9.17) is 8.85 Å². The van der Waals surface area contributed by atoms with Crippen molar-refractivity contribution in [3.8, 4) is 0 Å². The lowest BCUT2D eigenvalue weighted by atomic mass is 10.7. The molecular weight excluding hydrogens is 162 g/mol. The molecule has 0 aliphatic heterocycles. The monoisotopic (exact) mass is 177 g/mol. The highest BCUT2D eigenvalue weighted by molar-refractivity contribution is 6.64. The Hall–Kier alpha value is -0.393. The van der Waals surface area contributed by atoms with E-state index in [2.05, 4.69) is 5.32 Å². The minimum Gasteiger partial charge on any atom is -0.398 e. The zero-order chi connectivity index (χ0) is 8.91. The molecule has 0 fully saturated rings. The summed E-state index contributed by atoms with van der Waals surface area (Å²) in [7, 11) is -0.348. The van der Waals surface area contributed by atoms with E-state index in [1.165, 1.54) is 6.92 Å². The first-order valence-electron chi connectivity index (χ1n) is 3.41. The van der Waals surface area contributed by atoms with E-state index >= 15 is 0 Å². The number of carbonyl (C=O) groups is 1. The van der Waals surface area contributed by atoms with E-state index in [0.29, 0.717) is 0 Å². The predicted molar refractivity (Wildman–Crippen MR) is 44.3 cm³/mol. The maximum absolute atomic E-state index is 10.4. The van der Waals surface area contributed by atoms with Gasteiger partial charge in [0, 0.05) is 14.0 Å². The van der Waals surface area contributed by atoms with E-state index < -0.39 is 8.56 Å². The smallest absolute Gasteiger partial charge is 0.332 e. The average molecular weight is 177 g/mol. The highest BCUT2D eigenvalue weighted by Crippen LogP contribution is 2.02. The lowest BCUT2D eigenvalue weighted by Gasteiger charge is -2.19. The Bertz CT molecular complexity index is 138. The lowest BCUT2D eigenvalue weighted by molar-refractivity contribution is -0.119. The van der Waals surface area contributed by atoms with Crippen LogP contribution in [0.15, 0.2) is 0 Å². The van der Waals surface area contributed by atoms with Crippen molar-refractivity contribution in [1.82, 2.24) is 5.32 Å². The molecule has 0 heterocycles. The standard InChI is InChI=1S/C6H15NO3Si/c1-6(8)7-5-10-11(3,4)9-2/h5H2,1-4H3,(H,7,8). The summed E-state index contributed by atoms with van der Waals surface area (Å²) in [5, 5.41) is 2.53. The molecule has 5 heteroatoms. The van der Waals surface area contributed by atoms with Crippen LogP contribution >= 0.6 is 0 Å². The number of amides is 1. The molecule has 0 aliphatic rings. The van der Waals surface area contributed by atoms with Crippen LogP contribution in [0.3, 0.4) is 0 Å². The molecule has 0 aromatic carbocycles. The first kappa shape index (κ1) is 10.6. The molecule has 4 nitrogen and oxygen atoms in total. The summed E-state index contributed by atoms with van der Waals surface area (Å²) < 4.78 is 10.4. The molecule has 0 saturated carbocycles. The Morgan fingerprint density at radius 3 is 2.45 bits per heavy atom. The number of rotatable bonds is 4. The van der Waals surface area contributed by atoms with Crippen LogP contribution in [0.5, 0.6) is 0 Å². The van der Waals surface area contributed by atoms with Gasteiger partial charge in [0.25, 0.3) is 0 Å². The van der Waals surface area contributed by atoms with Gasteiger partial charge in [-0.15, -0.1) is 0 Å². The summed E-state index contributed by atoms with van der Waals surface area (Å²) in [5.41, 5.74) is 0. The largest absolute Gasteiger partial charge is 0.398 e. The van der Waals surface area contributed by atoms with Gasteiger partial charge in [-0.1, -0.05) is 0 Å². The summed E-state index contributed by atoms with van der Waals surface area (Å²) >= 11 is 0. The van der Waals surface area contributed by atoms with Crippen molar-refractivity contribution in [3.63, 3.8) is 0 Å². The molecule has 0 bridgehead atoms. The van der Waals surface area contributed by atoms with Crippen LogP contribution in [0.25, 0.3) is 0 Å². The van der Waals surface area contributed by atoms with Crippen molar-refractivity contribution in [2.75, 3.05) is 13.8 Å². The molecular formula is C6H15NO3Si. The predicted octanol–water partition coefficient (Wildman–Crippen LogP) is 0.445. The minimum absolute atomic E-state index is 0.0918. The molecule has 11 heavy (non-hydrogen) atoms. The third-order valence-corrected chi connectivity index (χ3v) is 3.06. The zero-order valence-corrected chi connectivity index (χ0v) is 8.43. The SMILES string of the molecule is CO[Si](C)(C)OCNC(C)=O. The Balaban J connectivity index is 3.45. The first-order chi connectivity index (χ1) is 4.98. The molecule has 0 saturated heterocycles. The fourth-order valence-corrected chi connectivity index (χ4v) is 0.908. The first-order valence-corrected chi connectivity index (χ1v) is 6.23. The van der Waals surface area contributed by atoms with Crippen LogP contribution < -0.4 is 5.32 Å². The van der Waals surface area contributed by atoms with Crippen molar-refractivity contribution in [1.29, 1.82) is 0 Å². The molecule has 0 rings (SSSR count). The second-order valence-electron chi connectivity index (χ2n) is 2.63. The molecule has 66 valence electrons. The van der Waals surface area contributed by atoms with E-state index in [0.717, 1.165) is 0 Å². The normalized spacial score (nSPS) is 11.3. The summed E-state index contributed by atoms with van der Waals surface area (Å²) in [4.78, 5) is 10.4. The Kier molecular flexibility index (Phi) is 4.32. The van der Waals surface area contributed by atoms with Gasteiger partial charge < -0.3 is 14.2 Å². The van der Waals surface area contributed by atoms with Gasteiger partial charge in [0.1, 0.15) is 6.73 Å². The van der Waals surface area contributed by atoms with Crippen molar-refractivity contribution in [2.24, 2.45) is 0 Å². The third-order valence-electron chi connectivity index (χ3n) is 1.23. The molecule has 0 aromatic heterocycles. The number of hydrogen-bond donors (Lipinski definition) is 1. The highest BCUT2D eigenvalue weighted by atomic mass is 28.4. The summed E-state index contributed by atoms with van der Waals surface area (Å²) in [6, 6.07) is 0. The fourth-order valence-electron chi connectivity index (χ4n) is 0.370. The minimum atomic E-state index is -1.96. The van der Waals surface area contributed by atoms with Gasteiger partial charge in [-0.2, -0.15) is 0 Å². The van der Waals surface area contributed by atoms with Gasteiger partial charge >= 0.3 is 8.56 Å². The van der Waals surface area contributed by atoms with Gasteiger partial charge in [-0.05, 0) is 13.1 Å². The van der Waals surface area contributed by atoms with Gasteiger partial charge in [0.15, 0.2) is 0 Å². The molecule has 0 aromatic rings. The molecule has 0 unspecified atom stereocenters. The molecule has 0 spiro atoms.